The number of benzene rings is 1. The molecular formula is C24H29NO6S2. The highest BCUT2D eigenvalue weighted by molar-refractivity contribution is 7.91. The maximum atomic E-state index is 13.8. The maximum absolute atomic E-state index is 13.8. The van der Waals surface area contributed by atoms with Crippen molar-refractivity contribution in [3.63, 3.8) is 0 Å². The molecule has 1 N–H and O–H groups in total. The van der Waals surface area contributed by atoms with E-state index in [1.54, 1.807) is 4.90 Å². The summed E-state index contributed by atoms with van der Waals surface area (Å²) in [4.78, 5) is 27.7. The van der Waals surface area contributed by atoms with Gasteiger partial charge >= 0.3 is 6.16 Å². The Balaban J connectivity index is 1.74. The van der Waals surface area contributed by atoms with Gasteiger partial charge in [0.1, 0.15) is 9.84 Å². The second kappa shape index (κ2) is 9.85. The number of thiophene rings is 1. The highest BCUT2D eigenvalue weighted by Gasteiger charge is 2.38. The summed E-state index contributed by atoms with van der Waals surface area (Å²) in [5, 5.41) is 9.50. The summed E-state index contributed by atoms with van der Waals surface area (Å²) >= 11 is 1.18. The molecule has 7 nitrogen and oxygen atoms in total. The molecule has 2 aliphatic rings. The maximum Gasteiger partial charge on any atom is 0.512 e. The number of ether oxygens (including phenoxy) is 1. The van der Waals surface area contributed by atoms with E-state index in [-0.39, 0.29) is 34.4 Å². The number of nitrogens with zero attached hydrogens (tertiary/aromatic N) is 1. The van der Waals surface area contributed by atoms with Crippen LogP contribution >= 0.6 is 11.3 Å². The fourth-order valence-corrected chi connectivity index (χ4v) is 7.23. The number of rotatable bonds is 5. The summed E-state index contributed by atoms with van der Waals surface area (Å²) in [6.45, 7) is 2.19. The number of carbonyl (C=O) groups is 2. The number of carbonyl (C=O) groups excluding carboxylic acids is 1. The molecule has 1 saturated carbocycles. The normalized spacial score (nSPS) is 23.1. The lowest BCUT2D eigenvalue weighted by Crippen LogP contribution is -2.48. The van der Waals surface area contributed by atoms with Crippen molar-refractivity contribution < 1.29 is 27.9 Å². The SMILES string of the molecule is CC1CCC(C(=O)N(c2cc(-c3ccccc3)sc2OC(=O)O)C2CCS(=O)(=O)CC2)CC1. The summed E-state index contributed by atoms with van der Waals surface area (Å²) in [6.07, 6.45) is 2.74. The number of sulfone groups is 1. The van der Waals surface area contributed by atoms with Gasteiger partial charge in [-0.25, -0.2) is 13.2 Å². The fraction of sp³-hybridized carbons (Fsp3) is 0.500. The van der Waals surface area contributed by atoms with Gasteiger partial charge in [0, 0.05) is 16.8 Å². The minimum atomic E-state index is -3.12. The van der Waals surface area contributed by atoms with E-state index in [1.165, 1.54) is 11.3 Å². The Kier molecular flexibility index (Phi) is 7.09. The van der Waals surface area contributed by atoms with Crippen molar-refractivity contribution in [2.75, 3.05) is 16.4 Å². The molecule has 1 aromatic heterocycles. The Bertz CT molecular complexity index is 1090. The Morgan fingerprint density at radius 1 is 1.03 bits per heavy atom. The molecule has 2 aromatic rings. The highest BCUT2D eigenvalue weighted by atomic mass is 32.2. The molecule has 0 atom stereocenters. The highest BCUT2D eigenvalue weighted by Crippen LogP contribution is 2.45. The van der Waals surface area contributed by atoms with Gasteiger partial charge in [-0.1, -0.05) is 48.6 Å². The van der Waals surface area contributed by atoms with E-state index < -0.39 is 16.0 Å². The van der Waals surface area contributed by atoms with Crippen LogP contribution in [0.2, 0.25) is 0 Å². The first-order valence-corrected chi connectivity index (χ1v) is 14.0. The zero-order valence-corrected chi connectivity index (χ0v) is 20.2. The van der Waals surface area contributed by atoms with Gasteiger partial charge in [0.05, 0.1) is 17.2 Å². The zero-order chi connectivity index (χ0) is 23.6. The molecule has 1 aliphatic carbocycles. The third-order valence-corrected chi connectivity index (χ3v) is 9.44. The number of amides is 1. The van der Waals surface area contributed by atoms with E-state index in [9.17, 15) is 23.1 Å². The second-order valence-corrected chi connectivity index (χ2v) is 12.4. The molecular weight excluding hydrogens is 462 g/mol. The van der Waals surface area contributed by atoms with E-state index in [4.69, 9.17) is 4.74 Å². The molecule has 1 saturated heterocycles. The van der Waals surface area contributed by atoms with Gasteiger partial charge in [0.15, 0.2) is 0 Å². The monoisotopic (exact) mass is 491 g/mol. The van der Waals surface area contributed by atoms with Crippen LogP contribution in [0.15, 0.2) is 36.4 Å². The number of carboxylic acid groups (broad SMARTS) is 1. The van der Waals surface area contributed by atoms with Crippen molar-refractivity contribution in [2.24, 2.45) is 11.8 Å². The molecule has 178 valence electrons. The fourth-order valence-electron chi connectivity index (χ4n) is 4.76. The van der Waals surface area contributed by atoms with Crippen LogP contribution in [-0.4, -0.2) is 43.1 Å². The van der Waals surface area contributed by atoms with Crippen LogP contribution in [-0.2, 0) is 14.6 Å². The summed E-state index contributed by atoms with van der Waals surface area (Å²) in [5.41, 5.74) is 1.32. The summed E-state index contributed by atoms with van der Waals surface area (Å²) < 4.78 is 29.3. The third-order valence-electron chi connectivity index (χ3n) is 6.67. The quantitative estimate of drug-likeness (QED) is 0.576. The molecule has 0 bridgehead atoms. The Morgan fingerprint density at radius 2 is 1.67 bits per heavy atom. The zero-order valence-electron chi connectivity index (χ0n) is 18.6. The lowest BCUT2D eigenvalue weighted by molar-refractivity contribution is -0.124. The summed E-state index contributed by atoms with van der Waals surface area (Å²) in [6, 6.07) is 11.0. The first-order valence-electron chi connectivity index (χ1n) is 11.4. The molecule has 4 rings (SSSR count). The van der Waals surface area contributed by atoms with Crippen LogP contribution in [0.5, 0.6) is 5.06 Å². The smallest absolute Gasteiger partial charge is 0.449 e. The number of hydrogen-bond donors (Lipinski definition) is 1. The Morgan fingerprint density at radius 3 is 2.27 bits per heavy atom. The van der Waals surface area contributed by atoms with Gasteiger partial charge in [0.25, 0.3) is 0 Å². The lowest BCUT2D eigenvalue weighted by Gasteiger charge is -2.37. The van der Waals surface area contributed by atoms with Crippen molar-refractivity contribution in [3.05, 3.63) is 36.4 Å². The van der Waals surface area contributed by atoms with Gasteiger partial charge in [-0.2, -0.15) is 0 Å². The van der Waals surface area contributed by atoms with Crippen molar-refractivity contribution in [1.82, 2.24) is 0 Å². The van der Waals surface area contributed by atoms with Crippen LogP contribution in [0.25, 0.3) is 10.4 Å². The summed E-state index contributed by atoms with van der Waals surface area (Å²) in [5.74, 6) is 0.414. The van der Waals surface area contributed by atoms with E-state index in [0.29, 0.717) is 24.4 Å². The predicted octanol–water partition coefficient (Wildman–Crippen LogP) is 5.21. The topological polar surface area (TPSA) is 101 Å². The predicted molar refractivity (Wildman–Crippen MR) is 129 cm³/mol. The van der Waals surface area contributed by atoms with Crippen LogP contribution in [0.4, 0.5) is 10.5 Å². The molecule has 2 heterocycles. The largest absolute Gasteiger partial charge is 0.512 e. The van der Waals surface area contributed by atoms with Gasteiger partial charge in [0.2, 0.25) is 11.0 Å². The van der Waals surface area contributed by atoms with Crippen LogP contribution < -0.4 is 9.64 Å². The molecule has 0 unspecified atom stereocenters. The van der Waals surface area contributed by atoms with Crippen molar-refractivity contribution in [3.8, 4) is 15.5 Å². The van der Waals surface area contributed by atoms with Crippen LogP contribution in [0, 0.1) is 11.8 Å². The minimum Gasteiger partial charge on any atom is -0.449 e. The lowest BCUT2D eigenvalue weighted by atomic mass is 9.82. The van der Waals surface area contributed by atoms with Crippen molar-refractivity contribution in [2.45, 2.75) is 51.5 Å². The van der Waals surface area contributed by atoms with Crippen molar-refractivity contribution >= 4 is 38.9 Å². The van der Waals surface area contributed by atoms with E-state index in [2.05, 4.69) is 6.92 Å². The van der Waals surface area contributed by atoms with Crippen LogP contribution in [0.1, 0.15) is 45.4 Å². The first-order chi connectivity index (χ1) is 15.7. The van der Waals surface area contributed by atoms with Crippen molar-refractivity contribution in [1.29, 1.82) is 0 Å². The Hall–Kier alpha value is -2.39. The van der Waals surface area contributed by atoms with Crippen LogP contribution in [0.3, 0.4) is 0 Å². The Labute approximate surface area is 198 Å². The molecule has 9 heteroatoms. The minimum absolute atomic E-state index is 0.0218. The second-order valence-electron chi connectivity index (χ2n) is 9.07. The molecule has 2 fully saturated rings. The van der Waals surface area contributed by atoms with E-state index in [1.807, 2.05) is 36.4 Å². The molecule has 1 aliphatic heterocycles. The van der Waals surface area contributed by atoms with Gasteiger partial charge in [-0.05, 0) is 56.1 Å². The summed E-state index contributed by atoms with van der Waals surface area (Å²) in [7, 11) is -3.12. The number of anilines is 1. The molecule has 33 heavy (non-hydrogen) atoms. The van der Waals surface area contributed by atoms with E-state index in [0.717, 1.165) is 36.1 Å². The molecule has 1 aromatic carbocycles. The average Bonchev–Trinajstić information content (AvgIpc) is 3.18. The van der Waals surface area contributed by atoms with Gasteiger partial charge < -0.3 is 14.7 Å². The van der Waals surface area contributed by atoms with Gasteiger partial charge in [-0.3, -0.25) is 4.79 Å². The number of hydrogen-bond acceptors (Lipinski definition) is 6. The van der Waals surface area contributed by atoms with Gasteiger partial charge in [-0.15, -0.1) is 0 Å². The first kappa shape index (κ1) is 23.8. The third kappa shape index (κ3) is 5.58. The standard InChI is InChI=1S/C24H29NO6S2/c1-16-7-9-18(10-8-16)22(26)25(19-11-13-33(29,30)14-12-19)20-15-21(17-5-3-2-4-6-17)32-23(20)31-24(27)28/h2-6,15-16,18-19H,7-14H2,1H3,(H,27,28). The van der Waals surface area contributed by atoms with E-state index >= 15 is 0 Å². The molecule has 1 amide bonds. The average molecular weight is 492 g/mol. The molecule has 0 spiro atoms. The molecule has 0 radical (unpaired) electrons.